The molecule has 0 aromatic heterocycles. The number of carbonyl (C=O) groups excluding carboxylic acids is 1. The van der Waals surface area contributed by atoms with Gasteiger partial charge in [-0.05, 0) is 18.8 Å². The van der Waals surface area contributed by atoms with E-state index in [1.807, 2.05) is 18.7 Å². The molecule has 17 heavy (non-hydrogen) atoms. The van der Waals surface area contributed by atoms with E-state index in [-0.39, 0.29) is 30.0 Å². The molecule has 0 aromatic rings. The van der Waals surface area contributed by atoms with E-state index in [4.69, 9.17) is 10.5 Å². The van der Waals surface area contributed by atoms with Crippen LogP contribution in [0.3, 0.4) is 0 Å². The standard InChI is InChI=1S/C13H24N2O2/c1-9(2)12(14)13(16)15-7-8-17-11-6-4-3-5-10(11)15/h9-12H,3-8,14H2,1-2H3. The molecule has 1 aliphatic heterocycles. The van der Waals surface area contributed by atoms with Crippen LogP contribution in [0.1, 0.15) is 39.5 Å². The predicted molar refractivity (Wildman–Crippen MR) is 66.5 cm³/mol. The number of nitrogens with zero attached hydrogens (tertiary/aromatic N) is 1. The van der Waals surface area contributed by atoms with E-state index < -0.39 is 0 Å². The van der Waals surface area contributed by atoms with Crippen molar-refractivity contribution in [1.82, 2.24) is 4.90 Å². The zero-order valence-electron chi connectivity index (χ0n) is 10.9. The Balaban J connectivity index is 2.05. The Bertz CT molecular complexity index is 279. The van der Waals surface area contributed by atoms with Crippen molar-refractivity contribution in [3.05, 3.63) is 0 Å². The Kier molecular flexibility index (Phi) is 4.05. The molecule has 2 rings (SSSR count). The van der Waals surface area contributed by atoms with E-state index in [9.17, 15) is 4.79 Å². The zero-order chi connectivity index (χ0) is 12.4. The first-order chi connectivity index (χ1) is 8.11. The van der Waals surface area contributed by atoms with E-state index in [2.05, 4.69) is 0 Å². The number of morpholine rings is 1. The molecule has 3 unspecified atom stereocenters. The summed E-state index contributed by atoms with van der Waals surface area (Å²) in [7, 11) is 0. The van der Waals surface area contributed by atoms with Gasteiger partial charge in [0.15, 0.2) is 0 Å². The van der Waals surface area contributed by atoms with E-state index >= 15 is 0 Å². The van der Waals surface area contributed by atoms with Crippen molar-refractivity contribution < 1.29 is 9.53 Å². The molecule has 1 saturated heterocycles. The van der Waals surface area contributed by atoms with Crippen molar-refractivity contribution in [3.63, 3.8) is 0 Å². The summed E-state index contributed by atoms with van der Waals surface area (Å²) in [5.41, 5.74) is 5.98. The number of ether oxygens (including phenoxy) is 1. The largest absolute Gasteiger partial charge is 0.374 e. The molecule has 0 radical (unpaired) electrons. The van der Waals surface area contributed by atoms with Gasteiger partial charge in [0, 0.05) is 6.54 Å². The molecule has 0 bridgehead atoms. The molecule has 1 saturated carbocycles. The van der Waals surface area contributed by atoms with E-state index in [1.165, 1.54) is 12.8 Å². The van der Waals surface area contributed by atoms with Gasteiger partial charge in [-0.3, -0.25) is 4.79 Å². The van der Waals surface area contributed by atoms with Crippen molar-refractivity contribution in [2.24, 2.45) is 11.7 Å². The summed E-state index contributed by atoms with van der Waals surface area (Å²) < 4.78 is 5.77. The van der Waals surface area contributed by atoms with E-state index in [0.29, 0.717) is 13.2 Å². The molecule has 1 heterocycles. The molecular formula is C13H24N2O2. The lowest BCUT2D eigenvalue weighted by atomic mass is 9.89. The average Bonchev–Trinajstić information content (AvgIpc) is 2.36. The molecule has 2 aliphatic rings. The van der Waals surface area contributed by atoms with Crippen molar-refractivity contribution in [2.75, 3.05) is 13.2 Å². The van der Waals surface area contributed by atoms with Crippen LogP contribution < -0.4 is 5.73 Å². The van der Waals surface area contributed by atoms with Crippen LogP contribution in [0.2, 0.25) is 0 Å². The smallest absolute Gasteiger partial charge is 0.240 e. The van der Waals surface area contributed by atoms with Crippen LogP contribution in [0.4, 0.5) is 0 Å². The lowest BCUT2D eigenvalue weighted by Crippen LogP contribution is -2.59. The summed E-state index contributed by atoms with van der Waals surface area (Å²) in [6, 6.07) is -0.0922. The maximum absolute atomic E-state index is 12.3. The van der Waals surface area contributed by atoms with Crippen LogP contribution in [0.15, 0.2) is 0 Å². The third-order valence-corrected chi connectivity index (χ3v) is 4.02. The van der Waals surface area contributed by atoms with Crippen molar-refractivity contribution in [1.29, 1.82) is 0 Å². The highest BCUT2D eigenvalue weighted by Crippen LogP contribution is 2.29. The molecule has 3 atom stereocenters. The average molecular weight is 240 g/mol. The Labute approximate surface area is 103 Å². The lowest BCUT2D eigenvalue weighted by molar-refractivity contribution is -0.151. The summed E-state index contributed by atoms with van der Waals surface area (Å²) in [6.45, 7) is 5.38. The third kappa shape index (κ3) is 2.63. The maximum Gasteiger partial charge on any atom is 0.240 e. The number of rotatable bonds is 2. The van der Waals surface area contributed by atoms with Gasteiger partial charge in [-0.1, -0.05) is 26.7 Å². The van der Waals surface area contributed by atoms with Crippen molar-refractivity contribution in [3.8, 4) is 0 Å². The first kappa shape index (κ1) is 12.8. The molecule has 4 heteroatoms. The third-order valence-electron chi connectivity index (χ3n) is 4.02. The molecule has 98 valence electrons. The normalized spacial score (nSPS) is 31.2. The summed E-state index contributed by atoms with van der Waals surface area (Å²) in [4.78, 5) is 14.3. The topological polar surface area (TPSA) is 55.6 Å². The monoisotopic (exact) mass is 240 g/mol. The number of nitrogens with two attached hydrogens (primary N) is 1. The minimum Gasteiger partial charge on any atom is -0.374 e. The number of hydrogen-bond acceptors (Lipinski definition) is 3. The Morgan fingerprint density at radius 1 is 1.35 bits per heavy atom. The predicted octanol–water partition coefficient (Wildman–Crippen LogP) is 1.14. The van der Waals surface area contributed by atoms with Crippen molar-refractivity contribution in [2.45, 2.75) is 57.7 Å². The minimum absolute atomic E-state index is 0.111. The summed E-state index contributed by atoms with van der Waals surface area (Å²) in [5.74, 6) is 0.313. The van der Waals surface area contributed by atoms with Gasteiger partial charge in [-0.25, -0.2) is 0 Å². The van der Waals surface area contributed by atoms with Crippen LogP contribution in [-0.4, -0.2) is 42.1 Å². The molecule has 0 aromatic carbocycles. The molecule has 4 nitrogen and oxygen atoms in total. The second kappa shape index (κ2) is 5.36. The fourth-order valence-electron chi connectivity index (χ4n) is 2.85. The van der Waals surface area contributed by atoms with Crippen LogP contribution in [0.5, 0.6) is 0 Å². The number of fused-ring (bicyclic) bond motifs is 1. The van der Waals surface area contributed by atoms with Gasteiger partial charge in [0.25, 0.3) is 0 Å². The minimum atomic E-state index is -0.365. The quantitative estimate of drug-likeness (QED) is 0.787. The second-order valence-corrected chi connectivity index (χ2v) is 5.56. The summed E-state index contributed by atoms with van der Waals surface area (Å²) in [6.07, 6.45) is 4.83. The molecule has 1 amide bonds. The Morgan fingerprint density at radius 3 is 2.76 bits per heavy atom. The maximum atomic E-state index is 12.3. The van der Waals surface area contributed by atoms with Crippen LogP contribution in [0, 0.1) is 5.92 Å². The fourth-order valence-corrected chi connectivity index (χ4v) is 2.85. The van der Waals surface area contributed by atoms with Crippen LogP contribution >= 0.6 is 0 Å². The highest BCUT2D eigenvalue weighted by molar-refractivity contribution is 5.82. The van der Waals surface area contributed by atoms with Gasteiger partial charge in [-0.2, -0.15) is 0 Å². The SMILES string of the molecule is CC(C)C(N)C(=O)N1CCOC2CCCCC21. The Morgan fingerprint density at radius 2 is 2.06 bits per heavy atom. The van der Waals surface area contributed by atoms with E-state index in [1.54, 1.807) is 0 Å². The number of hydrogen-bond donors (Lipinski definition) is 1. The molecule has 2 N–H and O–H groups in total. The van der Waals surface area contributed by atoms with Crippen molar-refractivity contribution >= 4 is 5.91 Å². The van der Waals surface area contributed by atoms with Gasteiger partial charge in [-0.15, -0.1) is 0 Å². The van der Waals surface area contributed by atoms with Gasteiger partial charge in [0.05, 0.1) is 24.8 Å². The fraction of sp³-hybridized carbons (Fsp3) is 0.923. The highest BCUT2D eigenvalue weighted by Gasteiger charge is 2.38. The number of carbonyl (C=O) groups is 1. The van der Waals surface area contributed by atoms with E-state index in [0.717, 1.165) is 12.8 Å². The Hall–Kier alpha value is -0.610. The zero-order valence-corrected chi connectivity index (χ0v) is 10.9. The number of amides is 1. The highest BCUT2D eigenvalue weighted by atomic mass is 16.5. The van der Waals surface area contributed by atoms with Gasteiger partial charge < -0.3 is 15.4 Å². The van der Waals surface area contributed by atoms with Gasteiger partial charge in [0.1, 0.15) is 0 Å². The summed E-state index contributed by atoms with van der Waals surface area (Å²) in [5, 5.41) is 0. The first-order valence-corrected chi connectivity index (χ1v) is 6.79. The molecule has 0 spiro atoms. The molecular weight excluding hydrogens is 216 g/mol. The van der Waals surface area contributed by atoms with Crippen LogP contribution in [-0.2, 0) is 9.53 Å². The van der Waals surface area contributed by atoms with Gasteiger partial charge in [0.2, 0.25) is 5.91 Å². The summed E-state index contributed by atoms with van der Waals surface area (Å²) >= 11 is 0. The lowest BCUT2D eigenvalue weighted by Gasteiger charge is -2.44. The van der Waals surface area contributed by atoms with Crippen LogP contribution in [0.25, 0.3) is 0 Å². The first-order valence-electron chi connectivity index (χ1n) is 6.79. The molecule has 1 aliphatic carbocycles. The molecule has 2 fully saturated rings. The van der Waals surface area contributed by atoms with Gasteiger partial charge >= 0.3 is 0 Å². The second-order valence-electron chi connectivity index (χ2n) is 5.56.